The van der Waals surface area contributed by atoms with Crippen molar-refractivity contribution in [1.82, 2.24) is 0 Å². The molecule has 1 aliphatic heterocycles. The normalized spacial score (nSPS) is 16.2. The molecule has 1 fully saturated rings. The van der Waals surface area contributed by atoms with Gasteiger partial charge in [0.15, 0.2) is 0 Å². The van der Waals surface area contributed by atoms with Crippen molar-refractivity contribution in [3.05, 3.63) is 29.8 Å². The van der Waals surface area contributed by atoms with Gasteiger partial charge in [-0.1, -0.05) is 23.5 Å². The zero-order valence-electron chi connectivity index (χ0n) is 8.53. The lowest BCUT2D eigenvalue weighted by Gasteiger charge is -2.20. The average Bonchev–Trinajstić information content (AvgIpc) is 2.23. The summed E-state index contributed by atoms with van der Waals surface area (Å²) in [4.78, 5) is 0. The Bertz CT molecular complexity index is 298. The van der Waals surface area contributed by atoms with Gasteiger partial charge in [0.25, 0.3) is 0 Å². The summed E-state index contributed by atoms with van der Waals surface area (Å²) in [5.41, 5.74) is 1.25. The Morgan fingerprint density at radius 1 is 1.43 bits per heavy atom. The van der Waals surface area contributed by atoms with Crippen LogP contribution in [0.15, 0.2) is 24.3 Å². The minimum atomic E-state index is -0.964. The van der Waals surface area contributed by atoms with Crippen LogP contribution < -0.4 is 3.79 Å². The first-order valence-corrected chi connectivity index (χ1v) is 10.3. The second-order valence-electron chi connectivity index (χ2n) is 3.72. The second-order valence-corrected chi connectivity index (χ2v) is 10.3. The van der Waals surface area contributed by atoms with E-state index in [-0.39, 0.29) is 13.6 Å². The van der Waals surface area contributed by atoms with Gasteiger partial charge in [0.2, 0.25) is 0 Å². The molecule has 0 N–H and O–H groups in total. The number of benzene rings is 1. The molecule has 0 aromatic heterocycles. The van der Waals surface area contributed by atoms with Gasteiger partial charge < -0.3 is 7.58 Å². The first-order valence-electron chi connectivity index (χ1n) is 5.16. The Morgan fingerprint density at radius 2 is 2.29 bits per heavy atom. The molecule has 0 radical (unpaired) electrons. The summed E-state index contributed by atoms with van der Waals surface area (Å²) in [6.45, 7) is 3.09. The van der Waals surface area contributed by atoms with Crippen molar-refractivity contribution in [2.24, 2.45) is 0 Å². The summed E-state index contributed by atoms with van der Waals surface area (Å²) in [7, 11) is 0. The number of rotatable bonds is 2. The van der Waals surface area contributed by atoms with Gasteiger partial charge in [0, 0.05) is 6.61 Å². The summed E-state index contributed by atoms with van der Waals surface area (Å²) < 4.78 is 11.6. The molecule has 1 saturated heterocycles. The average molecular weight is 220 g/mol. The van der Waals surface area contributed by atoms with E-state index >= 15 is 0 Å². The van der Waals surface area contributed by atoms with Crippen LogP contribution in [0, 0.1) is 6.92 Å². The van der Waals surface area contributed by atoms with Gasteiger partial charge >= 0.3 is 26.2 Å². The highest BCUT2D eigenvalue weighted by Gasteiger charge is 2.29. The van der Waals surface area contributed by atoms with Gasteiger partial charge in [0.1, 0.15) is 0 Å². The van der Waals surface area contributed by atoms with Crippen LogP contribution in [-0.4, -0.2) is 32.8 Å². The molecule has 0 spiro atoms. The summed E-state index contributed by atoms with van der Waals surface area (Å²) >= 11 is -1.28. The first kappa shape index (κ1) is 10.6. The quantitative estimate of drug-likeness (QED) is 0.705. The molecule has 0 atom stereocenters. The third kappa shape index (κ3) is 2.77. The van der Waals surface area contributed by atoms with E-state index < -0.39 is 12.6 Å². The van der Waals surface area contributed by atoms with Crippen molar-refractivity contribution >= 4 is 26.2 Å². The molecule has 2 nitrogen and oxygen atoms in total. The van der Waals surface area contributed by atoms with E-state index in [2.05, 4.69) is 25.1 Å². The van der Waals surface area contributed by atoms with Gasteiger partial charge in [-0.2, -0.15) is 0 Å². The smallest absolute Gasteiger partial charge is 0.495 e. The van der Waals surface area contributed by atoms with Crippen molar-refractivity contribution < 1.29 is 7.58 Å². The van der Waals surface area contributed by atoms with Gasteiger partial charge in [-0.15, -0.1) is 0 Å². The Balaban J connectivity index is 1.99. The topological polar surface area (TPSA) is 18.5 Å². The third-order valence-corrected chi connectivity index (χ3v) is 8.59. The number of hydrogen-bond acceptors (Lipinski definition) is 2. The van der Waals surface area contributed by atoms with Crippen molar-refractivity contribution in [3.63, 3.8) is 0 Å². The van der Waals surface area contributed by atoms with E-state index in [1.54, 1.807) is 0 Å². The molecule has 72 valence electrons. The number of para-hydroxylation sites is 1. The Hall–Kier alpha value is 0.0449. The largest absolute Gasteiger partial charge is 0.649 e. The number of hydrogen-bond donors (Lipinski definition) is 0. The molecule has 1 aliphatic rings. The van der Waals surface area contributed by atoms with E-state index in [9.17, 15) is 0 Å². The van der Waals surface area contributed by atoms with Gasteiger partial charge in [0.05, 0.1) is 5.75 Å². The van der Waals surface area contributed by atoms with E-state index in [0.29, 0.717) is 0 Å². The van der Waals surface area contributed by atoms with E-state index in [1.165, 1.54) is 17.3 Å². The zero-order valence-corrected chi connectivity index (χ0v) is 11.1. The molecule has 1 aromatic rings. The van der Waals surface area contributed by atoms with Gasteiger partial charge in [-0.25, -0.2) is 0 Å². The van der Waals surface area contributed by atoms with Crippen LogP contribution in [0.4, 0.5) is 0 Å². The highest BCUT2D eigenvalue weighted by atomic mass is 28.1. The molecule has 14 heavy (non-hydrogen) atoms. The Labute approximate surface area is 94.5 Å². The summed E-state index contributed by atoms with van der Waals surface area (Å²) in [5, 5.41) is 1.31. The van der Waals surface area contributed by atoms with Crippen molar-refractivity contribution in [1.29, 1.82) is 0 Å². The van der Waals surface area contributed by atoms with E-state index in [4.69, 9.17) is 7.58 Å². The van der Waals surface area contributed by atoms with Crippen molar-refractivity contribution in [2.75, 3.05) is 6.61 Å². The van der Waals surface area contributed by atoms with Crippen LogP contribution in [-0.2, 0) is 3.79 Å². The molecule has 0 aliphatic carbocycles. The van der Waals surface area contributed by atoms with Crippen molar-refractivity contribution in [3.8, 4) is 5.75 Å². The molecular formula is C10H14Al2O2. The number of aryl methyl sites for hydroxylation is 1. The SMILES string of the molecule is Cc1ccccc1[O][Al]1[CH2]CC[O][AlH]1. The second kappa shape index (κ2) is 5.22. The first-order chi connectivity index (χ1) is 6.86. The molecule has 0 bridgehead atoms. The molecule has 1 aromatic carbocycles. The third-order valence-electron chi connectivity index (χ3n) is 2.51. The minimum absolute atomic E-state index is 0.321. The van der Waals surface area contributed by atoms with Crippen LogP contribution in [0.2, 0.25) is 5.28 Å². The van der Waals surface area contributed by atoms with Crippen LogP contribution in [0.1, 0.15) is 12.0 Å². The monoisotopic (exact) mass is 220 g/mol. The minimum Gasteiger partial charge on any atom is -0.649 e. The van der Waals surface area contributed by atoms with Gasteiger partial charge in [-0.05, 0) is 25.0 Å². The molecule has 1 heterocycles. The molecule has 0 saturated carbocycles. The highest BCUT2D eigenvalue weighted by molar-refractivity contribution is 7.06. The molecule has 2 rings (SSSR count). The summed E-state index contributed by atoms with van der Waals surface area (Å²) in [6, 6.07) is 8.28. The fraction of sp³-hybridized carbons (Fsp3) is 0.400. The van der Waals surface area contributed by atoms with Crippen LogP contribution in [0.25, 0.3) is 0 Å². The van der Waals surface area contributed by atoms with Crippen molar-refractivity contribution in [2.45, 2.75) is 18.6 Å². The Kier molecular flexibility index (Phi) is 3.94. The van der Waals surface area contributed by atoms with Crippen LogP contribution in [0.5, 0.6) is 5.75 Å². The lowest BCUT2D eigenvalue weighted by molar-refractivity contribution is 0.327. The molecular weight excluding hydrogens is 206 g/mol. The molecule has 0 amide bonds. The van der Waals surface area contributed by atoms with E-state index in [1.807, 2.05) is 6.07 Å². The maximum absolute atomic E-state index is 6.06. The highest BCUT2D eigenvalue weighted by Crippen LogP contribution is 2.19. The molecule has 4 heteroatoms. The van der Waals surface area contributed by atoms with Gasteiger partial charge in [-0.3, -0.25) is 0 Å². The van der Waals surface area contributed by atoms with Crippen LogP contribution in [0.3, 0.4) is 0 Å². The lowest BCUT2D eigenvalue weighted by atomic mass is 10.2. The maximum Gasteiger partial charge on any atom is 0.495 e. The fourth-order valence-electron chi connectivity index (χ4n) is 1.67. The Morgan fingerprint density at radius 3 is 3.00 bits per heavy atom. The van der Waals surface area contributed by atoms with E-state index in [0.717, 1.165) is 12.4 Å². The summed E-state index contributed by atoms with van der Waals surface area (Å²) in [5.74, 6) is 1.09. The zero-order chi connectivity index (χ0) is 9.80. The fourth-order valence-corrected chi connectivity index (χ4v) is 7.30. The predicted molar refractivity (Wildman–Crippen MR) is 60.1 cm³/mol. The maximum atomic E-state index is 6.06. The predicted octanol–water partition coefficient (Wildman–Crippen LogP) is 1.63. The molecule has 0 unspecified atom stereocenters. The van der Waals surface area contributed by atoms with Crippen LogP contribution >= 0.6 is 0 Å². The lowest BCUT2D eigenvalue weighted by Crippen LogP contribution is -2.36. The summed E-state index contributed by atoms with van der Waals surface area (Å²) in [6.07, 6.45) is 1.20. The standard InChI is InChI=1S/C7H8O.C3H6O.2Al.H/c1-6-4-2-3-5-7(6)8;1-2-3-4;;;/h2-5,8H,1H3;1-3H2;;;/q;-1;2*+1;/p-1.